The Kier molecular flexibility index (Phi) is 7.34. The maximum atomic E-state index is 13.4. The molecule has 0 aliphatic rings. The molecule has 3 rings (SSSR count). The Morgan fingerprint density at radius 1 is 1.09 bits per heavy atom. The number of nitrogens with one attached hydrogen (secondary N) is 1. The number of hydrazone groups is 1. The minimum absolute atomic E-state index is 0.0718. The summed E-state index contributed by atoms with van der Waals surface area (Å²) in [5.74, 6) is -0.505. The maximum absolute atomic E-state index is 13.4. The highest BCUT2D eigenvalue weighted by molar-refractivity contribution is 7.92. The number of anilines is 1. The van der Waals surface area contributed by atoms with Crippen molar-refractivity contribution in [2.75, 3.05) is 18.0 Å². The average Bonchev–Trinajstić information content (AvgIpc) is 2.79. The molecule has 0 bridgehead atoms. The molecule has 0 spiro atoms. The van der Waals surface area contributed by atoms with Gasteiger partial charge in [-0.05, 0) is 49.7 Å². The molecule has 3 aromatic rings. The first kappa shape index (κ1) is 23.8. The smallest absolute Gasteiger partial charge is 0.264 e. The highest BCUT2D eigenvalue weighted by Gasteiger charge is 2.28. The zero-order valence-electron chi connectivity index (χ0n) is 18.5. The van der Waals surface area contributed by atoms with Crippen molar-refractivity contribution in [3.05, 3.63) is 83.4 Å². The van der Waals surface area contributed by atoms with Gasteiger partial charge >= 0.3 is 0 Å². The molecule has 9 heteroatoms. The Morgan fingerprint density at radius 3 is 2.48 bits per heavy atom. The zero-order chi connectivity index (χ0) is 24.0. The van der Waals surface area contributed by atoms with Crippen LogP contribution in [-0.2, 0) is 14.8 Å². The predicted molar refractivity (Wildman–Crippen MR) is 127 cm³/mol. The lowest BCUT2D eigenvalue weighted by molar-refractivity contribution is -0.119. The van der Waals surface area contributed by atoms with E-state index in [0.717, 1.165) is 9.87 Å². The first-order chi connectivity index (χ1) is 15.7. The Hall–Kier alpha value is -3.85. The molecule has 0 aliphatic heterocycles. The Morgan fingerprint density at radius 2 is 1.82 bits per heavy atom. The summed E-state index contributed by atoms with van der Waals surface area (Å²) in [5.41, 5.74) is 4.74. The molecule has 0 saturated heterocycles. The fourth-order valence-electron chi connectivity index (χ4n) is 3.25. The van der Waals surface area contributed by atoms with Crippen molar-refractivity contribution in [1.29, 1.82) is 0 Å². The number of carbonyl (C=O) groups excluding carboxylic acids is 1. The number of ether oxygens (including phenoxy) is 1. The van der Waals surface area contributed by atoms with Crippen LogP contribution >= 0.6 is 0 Å². The molecule has 172 valence electrons. The van der Waals surface area contributed by atoms with Gasteiger partial charge in [0.2, 0.25) is 0 Å². The first-order valence-electron chi connectivity index (χ1n) is 10.1. The van der Waals surface area contributed by atoms with Crippen LogP contribution < -0.4 is 14.5 Å². The lowest BCUT2D eigenvalue weighted by atomic mass is 10.1. The summed E-state index contributed by atoms with van der Waals surface area (Å²) < 4.78 is 32.9. The molecule has 0 heterocycles. The minimum atomic E-state index is -4.01. The van der Waals surface area contributed by atoms with Crippen LogP contribution in [0.4, 0.5) is 5.69 Å². The predicted octanol–water partition coefficient (Wildman–Crippen LogP) is 3.36. The molecular formula is C24H25N3O5S. The minimum Gasteiger partial charge on any atom is -0.504 e. The molecule has 0 aromatic heterocycles. The van der Waals surface area contributed by atoms with Crippen LogP contribution in [0.15, 0.2) is 76.7 Å². The number of phenolic OH excluding ortho intramolecular Hbond substituents is 1. The van der Waals surface area contributed by atoms with Crippen LogP contribution in [-0.4, -0.2) is 39.3 Å². The molecule has 0 aliphatic carbocycles. The van der Waals surface area contributed by atoms with E-state index in [0.29, 0.717) is 16.8 Å². The molecular weight excluding hydrogens is 442 g/mol. The summed E-state index contributed by atoms with van der Waals surface area (Å²) in [5, 5.41) is 14.0. The van der Waals surface area contributed by atoms with Crippen molar-refractivity contribution >= 4 is 27.8 Å². The second-order valence-corrected chi connectivity index (χ2v) is 9.17. The standard InChI is InChI=1S/C24H25N3O5S/c1-17-12-13-21(18(2)14-17)27(33(30,31)20-9-5-4-6-10-20)16-23(28)26-25-15-19-8-7-11-22(32-3)24(19)29/h4-15,29H,16H2,1-3H3,(H,26,28). The third-order valence-electron chi connectivity index (χ3n) is 4.88. The van der Waals surface area contributed by atoms with Crippen molar-refractivity contribution in [3.63, 3.8) is 0 Å². The van der Waals surface area contributed by atoms with E-state index in [2.05, 4.69) is 10.5 Å². The van der Waals surface area contributed by atoms with E-state index in [1.807, 2.05) is 13.0 Å². The quantitative estimate of drug-likeness (QED) is 0.390. The van der Waals surface area contributed by atoms with E-state index >= 15 is 0 Å². The van der Waals surface area contributed by atoms with E-state index in [1.165, 1.54) is 25.5 Å². The molecule has 0 radical (unpaired) electrons. The van der Waals surface area contributed by atoms with Gasteiger partial charge in [0.25, 0.3) is 15.9 Å². The number of carbonyl (C=O) groups is 1. The summed E-state index contributed by atoms with van der Waals surface area (Å²) in [6, 6.07) is 18.1. The first-order valence-corrected chi connectivity index (χ1v) is 11.5. The van der Waals surface area contributed by atoms with Crippen molar-refractivity contribution in [2.24, 2.45) is 5.10 Å². The zero-order valence-corrected chi connectivity index (χ0v) is 19.3. The van der Waals surface area contributed by atoms with E-state index in [-0.39, 0.29) is 16.4 Å². The molecule has 0 atom stereocenters. The van der Waals surface area contributed by atoms with Gasteiger partial charge in [-0.3, -0.25) is 9.10 Å². The highest BCUT2D eigenvalue weighted by Crippen LogP contribution is 2.28. The lowest BCUT2D eigenvalue weighted by Crippen LogP contribution is -2.40. The number of hydrogen-bond donors (Lipinski definition) is 2. The fourth-order valence-corrected chi connectivity index (χ4v) is 4.76. The van der Waals surface area contributed by atoms with Crippen LogP contribution in [0.5, 0.6) is 11.5 Å². The van der Waals surface area contributed by atoms with Gasteiger partial charge in [-0.15, -0.1) is 0 Å². The summed E-state index contributed by atoms with van der Waals surface area (Å²) in [6.45, 7) is 3.21. The summed E-state index contributed by atoms with van der Waals surface area (Å²) in [4.78, 5) is 12.7. The largest absolute Gasteiger partial charge is 0.504 e. The summed E-state index contributed by atoms with van der Waals surface area (Å²) in [6.07, 6.45) is 1.25. The summed E-state index contributed by atoms with van der Waals surface area (Å²) >= 11 is 0. The van der Waals surface area contributed by atoms with Gasteiger partial charge in [-0.1, -0.05) is 42.0 Å². The number of nitrogens with zero attached hydrogens (tertiary/aromatic N) is 2. The van der Waals surface area contributed by atoms with E-state index in [9.17, 15) is 18.3 Å². The van der Waals surface area contributed by atoms with Gasteiger partial charge in [0.05, 0.1) is 23.9 Å². The Labute approximate surface area is 193 Å². The number of aryl methyl sites for hydroxylation is 2. The van der Waals surface area contributed by atoms with E-state index < -0.39 is 22.5 Å². The average molecular weight is 468 g/mol. The number of methoxy groups -OCH3 is 1. The monoisotopic (exact) mass is 467 g/mol. The number of sulfonamides is 1. The van der Waals surface area contributed by atoms with Crippen LogP contribution in [0.25, 0.3) is 0 Å². The maximum Gasteiger partial charge on any atom is 0.264 e. The van der Waals surface area contributed by atoms with E-state index in [4.69, 9.17) is 4.74 Å². The number of phenols is 1. The number of amides is 1. The molecule has 8 nitrogen and oxygen atoms in total. The number of rotatable bonds is 8. The van der Waals surface area contributed by atoms with Gasteiger partial charge in [-0.25, -0.2) is 13.8 Å². The number of para-hydroxylation sites is 1. The summed E-state index contributed by atoms with van der Waals surface area (Å²) in [7, 11) is -2.59. The van der Waals surface area contributed by atoms with Crippen molar-refractivity contribution in [3.8, 4) is 11.5 Å². The van der Waals surface area contributed by atoms with Gasteiger partial charge in [0, 0.05) is 5.56 Å². The second kappa shape index (κ2) is 10.2. The Balaban J connectivity index is 1.87. The van der Waals surface area contributed by atoms with Gasteiger partial charge in [0.15, 0.2) is 11.5 Å². The number of hydrogen-bond acceptors (Lipinski definition) is 6. The Bertz CT molecular complexity index is 1270. The van der Waals surface area contributed by atoms with Crippen molar-refractivity contribution in [2.45, 2.75) is 18.7 Å². The normalized spacial score (nSPS) is 11.4. The topological polar surface area (TPSA) is 108 Å². The van der Waals surface area contributed by atoms with Crippen LogP contribution in [0, 0.1) is 13.8 Å². The molecule has 0 fully saturated rings. The third-order valence-corrected chi connectivity index (χ3v) is 6.66. The van der Waals surface area contributed by atoms with Crippen LogP contribution in [0.2, 0.25) is 0 Å². The fraction of sp³-hybridized carbons (Fsp3) is 0.167. The lowest BCUT2D eigenvalue weighted by Gasteiger charge is -2.25. The second-order valence-electron chi connectivity index (χ2n) is 7.31. The van der Waals surface area contributed by atoms with Gasteiger partial charge < -0.3 is 9.84 Å². The SMILES string of the molecule is COc1cccc(C=NNC(=O)CN(c2ccc(C)cc2C)S(=O)(=O)c2ccccc2)c1O. The molecule has 0 saturated carbocycles. The number of benzene rings is 3. The van der Waals surface area contributed by atoms with Gasteiger partial charge in [0.1, 0.15) is 6.54 Å². The molecule has 3 aromatic carbocycles. The van der Waals surface area contributed by atoms with Crippen molar-refractivity contribution in [1.82, 2.24) is 5.43 Å². The van der Waals surface area contributed by atoms with Crippen LogP contribution in [0.3, 0.4) is 0 Å². The molecule has 33 heavy (non-hydrogen) atoms. The molecule has 0 unspecified atom stereocenters. The molecule has 1 amide bonds. The third kappa shape index (κ3) is 5.50. The highest BCUT2D eigenvalue weighted by atomic mass is 32.2. The van der Waals surface area contributed by atoms with Crippen molar-refractivity contribution < 1.29 is 23.1 Å². The number of aromatic hydroxyl groups is 1. The van der Waals surface area contributed by atoms with E-state index in [1.54, 1.807) is 55.5 Å². The van der Waals surface area contributed by atoms with Gasteiger partial charge in [-0.2, -0.15) is 5.10 Å². The molecule has 2 N–H and O–H groups in total. The van der Waals surface area contributed by atoms with Crippen LogP contribution in [0.1, 0.15) is 16.7 Å².